The van der Waals surface area contributed by atoms with Crippen LogP contribution in [0.1, 0.15) is 35.5 Å². The average Bonchev–Trinajstić information content (AvgIpc) is 3.33. The van der Waals surface area contributed by atoms with Crippen molar-refractivity contribution in [2.45, 2.75) is 19.4 Å². The second kappa shape index (κ2) is 7.18. The first kappa shape index (κ1) is 19.2. The fourth-order valence-electron chi connectivity index (χ4n) is 3.95. The first-order valence-electron chi connectivity index (χ1n) is 9.58. The molecule has 1 aromatic carbocycles. The lowest BCUT2D eigenvalue weighted by molar-refractivity contribution is 0.227. The van der Waals surface area contributed by atoms with E-state index < -0.39 is 6.10 Å². The Morgan fingerprint density at radius 1 is 1.35 bits per heavy atom. The monoisotopic (exact) mass is 432 g/mol. The number of benzene rings is 1. The van der Waals surface area contributed by atoms with Crippen LogP contribution in [-0.2, 0) is 13.5 Å². The molecular weight excluding hydrogens is 415 g/mol. The Balaban J connectivity index is 1.83. The minimum absolute atomic E-state index is 0.212. The Morgan fingerprint density at radius 2 is 2.19 bits per heavy atom. The maximum atomic E-state index is 14.2. The molecule has 0 amide bonds. The van der Waals surface area contributed by atoms with Gasteiger partial charge < -0.3 is 10.5 Å². The van der Waals surface area contributed by atoms with Gasteiger partial charge in [-0.05, 0) is 48.3 Å². The molecule has 2 bridgehead atoms. The van der Waals surface area contributed by atoms with Crippen LogP contribution in [0.2, 0.25) is 0 Å². The van der Waals surface area contributed by atoms with Gasteiger partial charge in [-0.15, -0.1) is 0 Å². The summed E-state index contributed by atoms with van der Waals surface area (Å²) in [4.78, 5) is 4.28. The summed E-state index contributed by atoms with van der Waals surface area (Å²) in [6.07, 6.45) is 1.60. The Labute approximate surface area is 181 Å². The van der Waals surface area contributed by atoms with E-state index in [2.05, 4.69) is 20.5 Å². The lowest BCUT2D eigenvalue weighted by Gasteiger charge is -2.20. The molecule has 9 heteroatoms. The smallest absolute Gasteiger partial charge is 0.170 e. The number of hydrogen-bond acceptors (Lipinski definition) is 7. The summed E-state index contributed by atoms with van der Waals surface area (Å²) in [5, 5.41) is 16.0. The molecule has 7 nitrogen and oxygen atoms in total. The quantitative estimate of drug-likeness (QED) is 0.446. The maximum absolute atomic E-state index is 14.2. The number of pyridine rings is 1. The third kappa shape index (κ3) is 3.12. The van der Waals surface area contributed by atoms with Crippen molar-refractivity contribution in [2.24, 2.45) is 7.05 Å². The number of nitrogens with two attached hydrogens (primary N) is 1. The van der Waals surface area contributed by atoms with Crippen molar-refractivity contribution in [3.63, 3.8) is 0 Å². The summed E-state index contributed by atoms with van der Waals surface area (Å²) < 4.78 is 26.6. The fourth-order valence-corrected chi connectivity index (χ4v) is 4.65. The lowest BCUT2D eigenvalue weighted by Crippen LogP contribution is -2.09. The van der Waals surface area contributed by atoms with Gasteiger partial charge in [0.15, 0.2) is 17.3 Å². The zero-order chi connectivity index (χ0) is 21.7. The number of anilines is 1. The number of nitriles is 1. The third-order valence-corrected chi connectivity index (χ3v) is 6.13. The van der Waals surface area contributed by atoms with Crippen molar-refractivity contribution < 1.29 is 9.13 Å². The van der Waals surface area contributed by atoms with Crippen molar-refractivity contribution in [2.75, 3.05) is 5.73 Å². The summed E-state index contributed by atoms with van der Waals surface area (Å²) in [6.45, 7) is 1.83. The molecule has 154 valence electrons. The van der Waals surface area contributed by atoms with Gasteiger partial charge in [-0.25, -0.2) is 9.37 Å². The van der Waals surface area contributed by atoms with Gasteiger partial charge in [0, 0.05) is 47.3 Å². The summed E-state index contributed by atoms with van der Waals surface area (Å²) in [6, 6.07) is 8.53. The fraction of sp³-hybridized carbons (Fsp3) is 0.182. The molecule has 1 aliphatic rings. The standard InChI is InChI=1S/C22H17FN6OS/c1-11-16-7-14(23)3-4-15(16)21-13(10-31-28-21)5-18-20(17(8-24)27-29(18)2)12-6-19(30-11)22(25)26-9-12/h3-4,6-7,9-11H,5H2,1-2H3,(H2,25,26)/t11-/m1/s1. The van der Waals surface area contributed by atoms with E-state index in [9.17, 15) is 9.65 Å². The summed E-state index contributed by atoms with van der Waals surface area (Å²) in [5.41, 5.74) is 11.8. The van der Waals surface area contributed by atoms with E-state index in [1.807, 2.05) is 12.3 Å². The zero-order valence-corrected chi connectivity index (χ0v) is 17.6. The SMILES string of the molecule is C[C@H]1Oc2cc(cnc2N)-c2c(C#N)nn(C)c2Cc2csnc2-c2ccc(F)cc21. The molecule has 0 aliphatic carbocycles. The normalized spacial score (nSPS) is 14.8. The van der Waals surface area contributed by atoms with Gasteiger partial charge in [-0.1, -0.05) is 0 Å². The van der Waals surface area contributed by atoms with Crippen molar-refractivity contribution in [1.29, 1.82) is 5.26 Å². The van der Waals surface area contributed by atoms with Crippen LogP contribution in [0.15, 0.2) is 35.8 Å². The van der Waals surface area contributed by atoms with Crippen molar-refractivity contribution in [1.82, 2.24) is 19.1 Å². The molecule has 1 aliphatic heterocycles. The van der Waals surface area contributed by atoms with E-state index in [0.29, 0.717) is 34.6 Å². The summed E-state index contributed by atoms with van der Waals surface area (Å²) >= 11 is 1.33. The number of nitrogens with zero attached hydrogens (tertiary/aromatic N) is 5. The number of rotatable bonds is 0. The van der Waals surface area contributed by atoms with E-state index in [1.165, 1.54) is 23.7 Å². The van der Waals surface area contributed by atoms with E-state index >= 15 is 0 Å². The molecule has 0 unspecified atom stereocenters. The number of aromatic nitrogens is 4. The second-order valence-corrected chi connectivity index (χ2v) is 8.00. The minimum atomic E-state index is -0.511. The number of ether oxygens (including phenoxy) is 1. The van der Waals surface area contributed by atoms with E-state index in [0.717, 1.165) is 22.5 Å². The molecule has 0 spiro atoms. The molecule has 0 fully saturated rings. The van der Waals surface area contributed by atoms with E-state index in [4.69, 9.17) is 10.5 Å². The lowest BCUT2D eigenvalue weighted by atomic mass is 9.94. The average molecular weight is 432 g/mol. The predicted molar refractivity (Wildman–Crippen MR) is 115 cm³/mol. The number of halogens is 1. The number of hydrogen-bond donors (Lipinski definition) is 1. The van der Waals surface area contributed by atoms with E-state index in [-0.39, 0.29) is 11.6 Å². The number of aryl methyl sites for hydroxylation is 1. The van der Waals surface area contributed by atoms with Crippen molar-refractivity contribution in [3.05, 3.63) is 64.2 Å². The third-order valence-electron chi connectivity index (χ3n) is 5.45. The predicted octanol–water partition coefficient (Wildman–Crippen LogP) is 4.24. The van der Waals surface area contributed by atoms with Gasteiger partial charge >= 0.3 is 0 Å². The molecule has 1 atom stereocenters. The number of fused-ring (bicyclic) bond motifs is 7. The van der Waals surface area contributed by atoms with Crippen LogP contribution in [0, 0.1) is 17.1 Å². The Bertz CT molecular complexity index is 1370. The van der Waals surface area contributed by atoms with Crippen LogP contribution in [0.4, 0.5) is 10.2 Å². The second-order valence-electron chi connectivity index (χ2n) is 7.37. The Kier molecular flexibility index (Phi) is 4.45. The molecule has 5 rings (SSSR count). The first-order chi connectivity index (χ1) is 15.0. The number of nitrogen functional groups attached to an aromatic ring is 1. The van der Waals surface area contributed by atoms with Crippen LogP contribution < -0.4 is 10.5 Å². The molecular formula is C22H17FN6OS. The van der Waals surface area contributed by atoms with Gasteiger partial charge in [0.25, 0.3) is 0 Å². The Morgan fingerprint density at radius 3 is 3.00 bits per heavy atom. The van der Waals surface area contributed by atoms with Crippen LogP contribution in [0.25, 0.3) is 22.4 Å². The largest absolute Gasteiger partial charge is 0.482 e. The van der Waals surface area contributed by atoms with Crippen molar-refractivity contribution in [3.8, 4) is 34.2 Å². The maximum Gasteiger partial charge on any atom is 0.170 e. The van der Waals surface area contributed by atoms with Gasteiger partial charge in [0.1, 0.15) is 18.0 Å². The molecule has 3 aromatic heterocycles. The minimum Gasteiger partial charge on any atom is -0.482 e. The van der Waals surface area contributed by atoms with Crippen LogP contribution in [0.5, 0.6) is 5.75 Å². The van der Waals surface area contributed by atoms with Crippen LogP contribution in [-0.4, -0.2) is 19.1 Å². The zero-order valence-electron chi connectivity index (χ0n) is 16.8. The highest BCUT2D eigenvalue weighted by atomic mass is 32.1. The van der Waals surface area contributed by atoms with Gasteiger partial charge in [-0.3, -0.25) is 4.68 Å². The van der Waals surface area contributed by atoms with Gasteiger partial charge in [0.05, 0.1) is 11.4 Å². The molecule has 4 aromatic rings. The van der Waals surface area contributed by atoms with Crippen LogP contribution in [0.3, 0.4) is 0 Å². The Hall–Kier alpha value is -3.77. The van der Waals surface area contributed by atoms with Gasteiger partial charge in [-0.2, -0.15) is 14.7 Å². The van der Waals surface area contributed by atoms with Crippen molar-refractivity contribution >= 4 is 17.4 Å². The van der Waals surface area contributed by atoms with Gasteiger partial charge in [0.2, 0.25) is 0 Å². The molecule has 0 saturated carbocycles. The molecule has 0 radical (unpaired) electrons. The van der Waals surface area contributed by atoms with Crippen LogP contribution >= 0.6 is 11.5 Å². The summed E-state index contributed by atoms with van der Waals surface area (Å²) in [5.74, 6) is 0.215. The van der Waals surface area contributed by atoms with E-state index in [1.54, 1.807) is 30.1 Å². The topological polar surface area (TPSA) is 103 Å². The molecule has 4 heterocycles. The molecule has 2 N–H and O–H groups in total. The highest BCUT2D eigenvalue weighted by Gasteiger charge is 2.25. The summed E-state index contributed by atoms with van der Waals surface area (Å²) in [7, 11) is 1.80. The highest BCUT2D eigenvalue weighted by molar-refractivity contribution is 7.04. The molecule has 0 saturated heterocycles. The first-order valence-corrected chi connectivity index (χ1v) is 10.4. The highest BCUT2D eigenvalue weighted by Crippen LogP contribution is 2.39. The molecule has 31 heavy (non-hydrogen) atoms.